The van der Waals surface area contributed by atoms with Crippen LogP contribution >= 0.6 is 0 Å². The topological polar surface area (TPSA) is 50.8 Å². The Hall–Kier alpha value is -2.10. The van der Waals surface area contributed by atoms with Crippen molar-refractivity contribution in [2.75, 3.05) is 7.11 Å². The highest BCUT2D eigenvalue weighted by atomic mass is 16.5. The van der Waals surface area contributed by atoms with Gasteiger partial charge >= 0.3 is 0 Å². The van der Waals surface area contributed by atoms with Crippen LogP contribution in [-0.2, 0) is 0 Å². The lowest BCUT2D eigenvalue weighted by Crippen LogP contribution is -1.89. The highest BCUT2D eigenvalue weighted by Gasteiger charge is 2.04. The summed E-state index contributed by atoms with van der Waals surface area (Å²) in [5.74, 6) is 0.609. The molecule has 0 aliphatic carbocycles. The van der Waals surface area contributed by atoms with Crippen molar-refractivity contribution in [1.82, 2.24) is 15.0 Å². The van der Waals surface area contributed by atoms with E-state index >= 15 is 0 Å². The van der Waals surface area contributed by atoms with Gasteiger partial charge < -0.3 is 9.72 Å². The summed E-state index contributed by atoms with van der Waals surface area (Å²) in [6.07, 6.45) is 3.69. The quantitative estimate of drug-likeness (QED) is 0.653. The van der Waals surface area contributed by atoms with E-state index < -0.39 is 0 Å². The fraction of sp³-hybridized carbons (Fsp3) is 0.0909. The molecule has 0 bridgehead atoms. The van der Waals surface area contributed by atoms with Crippen molar-refractivity contribution in [2.24, 2.45) is 0 Å². The van der Waals surface area contributed by atoms with Crippen LogP contribution in [0.4, 0.5) is 0 Å². The van der Waals surface area contributed by atoms with Gasteiger partial charge in [0.05, 0.1) is 24.3 Å². The molecule has 0 saturated heterocycles. The molecule has 0 fully saturated rings. The molecule has 0 spiro atoms. The zero-order valence-corrected chi connectivity index (χ0v) is 8.19. The minimum absolute atomic E-state index is 0.609. The largest absolute Gasteiger partial charge is 0.481 e. The van der Waals surface area contributed by atoms with Crippen LogP contribution in [-0.4, -0.2) is 22.1 Å². The van der Waals surface area contributed by atoms with E-state index in [0.717, 1.165) is 21.9 Å². The Morgan fingerprint density at radius 1 is 1.27 bits per heavy atom. The number of hydrogen-bond donors (Lipinski definition) is 1. The predicted molar refractivity (Wildman–Crippen MR) is 57.9 cm³/mol. The summed E-state index contributed by atoms with van der Waals surface area (Å²) in [7, 11) is 1.61. The van der Waals surface area contributed by atoms with Crippen molar-refractivity contribution in [3.05, 3.63) is 30.6 Å². The maximum absolute atomic E-state index is 5.10. The molecule has 15 heavy (non-hydrogen) atoms. The van der Waals surface area contributed by atoms with Crippen LogP contribution in [0.3, 0.4) is 0 Å². The lowest BCUT2D eigenvalue weighted by atomic mass is 10.2. The first-order valence-electron chi connectivity index (χ1n) is 4.65. The highest BCUT2D eigenvalue weighted by molar-refractivity contribution is 6.01. The van der Waals surface area contributed by atoms with Crippen LogP contribution in [0.25, 0.3) is 21.9 Å². The lowest BCUT2D eigenvalue weighted by Gasteiger charge is -2.01. The monoisotopic (exact) mass is 199 g/mol. The third kappa shape index (κ3) is 1.15. The molecule has 3 aromatic heterocycles. The van der Waals surface area contributed by atoms with Crippen molar-refractivity contribution in [1.29, 1.82) is 0 Å². The zero-order chi connectivity index (χ0) is 10.3. The second kappa shape index (κ2) is 2.95. The van der Waals surface area contributed by atoms with Gasteiger partial charge in [-0.2, -0.15) is 0 Å². The van der Waals surface area contributed by atoms with E-state index in [9.17, 15) is 0 Å². The zero-order valence-electron chi connectivity index (χ0n) is 8.19. The molecule has 3 heterocycles. The summed E-state index contributed by atoms with van der Waals surface area (Å²) in [5.41, 5.74) is 2.74. The lowest BCUT2D eigenvalue weighted by molar-refractivity contribution is 0.399. The van der Waals surface area contributed by atoms with Gasteiger partial charge in [0.2, 0.25) is 5.88 Å². The number of nitrogens with zero attached hydrogens (tertiary/aromatic N) is 2. The third-order valence-corrected chi connectivity index (χ3v) is 2.42. The van der Waals surface area contributed by atoms with Crippen LogP contribution in [0.1, 0.15) is 0 Å². The average molecular weight is 199 g/mol. The van der Waals surface area contributed by atoms with Gasteiger partial charge in [0.25, 0.3) is 0 Å². The van der Waals surface area contributed by atoms with Gasteiger partial charge in [0, 0.05) is 17.6 Å². The third-order valence-electron chi connectivity index (χ3n) is 2.42. The van der Waals surface area contributed by atoms with E-state index in [0.29, 0.717) is 5.88 Å². The van der Waals surface area contributed by atoms with Gasteiger partial charge in [-0.25, -0.2) is 4.98 Å². The number of pyridine rings is 2. The van der Waals surface area contributed by atoms with Gasteiger partial charge in [-0.05, 0) is 12.1 Å². The number of nitrogens with one attached hydrogen (secondary N) is 1. The maximum Gasteiger partial charge on any atom is 0.213 e. The molecule has 1 N–H and O–H groups in total. The Kier molecular flexibility index (Phi) is 1.62. The van der Waals surface area contributed by atoms with E-state index in [4.69, 9.17) is 4.74 Å². The summed E-state index contributed by atoms with van der Waals surface area (Å²) in [6, 6.07) is 5.72. The molecule has 0 aliphatic rings. The molecule has 0 amide bonds. The Balaban J connectivity index is 2.48. The van der Waals surface area contributed by atoms with Gasteiger partial charge in [0.15, 0.2) is 0 Å². The number of ether oxygens (including phenoxy) is 1. The second-order valence-electron chi connectivity index (χ2n) is 3.28. The van der Waals surface area contributed by atoms with Crippen LogP contribution in [0.2, 0.25) is 0 Å². The van der Waals surface area contributed by atoms with Crippen molar-refractivity contribution >= 4 is 21.9 Å². The van der Waals surface area contributed by atoms with Crippen molar-refractivity contribution in [3.8, 4) is 5.88 Å². The molecule has 4 nitrogen and oxygen atoms in total. The van der Waals surface area contributed by atoms with Crippen LogP contribution in [0.5, 0.6) is 5.88 Å². The van der Waals surface area contributed by atoms with Crippen molar-refractivity contribution < 1.29 is 4.74 Å². The van der Waals surface area contributed by atoms with Gasteiger partial charge in [-0.15, -0.1) is 0 Å². The van der Waals surface area contributed by atoms with Crippen LogP contribution in [0.15, 0.2) is 30.6 Å². The van der Waals surface area contributed by atoms with E-state index in [-0.39, 0.29) is 0 Å². The molecule has 74 valence electrons. The summed E-state index contributed by atoms with van der Waals surface area (Å²) in [5, 5.41) is 1.07. The molecule has 0 atom stereocenters. The van der Waals surface area contributed by atoms with Gasteiger partial charge in [-0.1, -0.05) is 0 Å². The van der Waals surface area contributed by atoms with E-state index in [1.165, 1.54) is 0 Å². The van der Waals surface area contributed by atoms with E-state index in [1.807, 2.05) is 30.6 Å². The number of aromatic amines is 1. The number of H-pyrrole nitrogens is 1. The standard InChI is InChI=1S/C11H9N3O/c1-15-10-3-2-8-11(14-10)7-4-5-12-9(7)6-13-8/h2-6,12H,1H3. The Morgan fingerprint density at radius 2 is 2.20 bits per heavy atom. The molecule has 0 saturated carbocycles. The second-order valence-corrected chi connectivity index (χ2v) is 3.28. The van der Waals surface area contributed by atoms with Crippen LogP contribution < -0.4 is 4.74 Å². The normalized spacial score (nSPS) is 11.0. The number of aromatic nitrogens is 3. The summed E-state index contributed by atoms with van der Waals surface area (Å²) >= 11 is 0. The smallest absolute Gasteiger partial charge is 0.213 e. The Bertz CT molecular complexity index is 630. The molecule has 0 unspecified atom stereocenters. The molecule has 0 aliphatic heterocycles. The maximum atomic E-state index is 5.10. The SMILES string of the molecule is COc1ccc2ncc3[nH]ccc3c2n1. The number of fused-ring (bicyclic) bond motifs is 3. The Morgan fingerprint density at radius 3 is 3.07 bits per heavy atom. The first kappa shape index (κ1) is 8.23. The van der Waals surface area contributed by atoms with Crippen LogP contribution in [0, 0.1) is 0 Å². The minimum atomic E-state index is 0.609. The minimum Gasteiger partial charge on any atom is -0.481 e. The highest BCUT2D eigenvalue weighted by Crippen LogP contribution is 2.22. The van der Waals surface area contributed by atoms with Crippen molar-refractivity contribution in [2.45, 2.75) is 0 Å². The summed E-state index contributed by atoms with van der Waals surface area (Å²) in [4.78, 5) is 11.8. The van der Waals surface area contributed by atoms with E-state index in [2.05, 4.69) is 15.0 Å². The first-order valence-corrected chi connectivity index (χ1v) is 4.65. The average Bonchev–Trinajstić information content (AvgIpc) is 2.76. The molecule has 0 radical (unpaired) electrons. The molecule has 3 rings (SSSR count). The molecular weight excluding hydrogens is 190 g/mol. The fourth-order valence-electron chi connectivity index (χ4n) is 1.68. The molecule has 4 heteroatoms. The summed E-state index contributed by atoms with van der Waals surface area (Å²) in [6.45, 7) is 0. The van der Waals surface area contributed by atoms with Gasteiger partial charge in [0.1, 0.15) is 5.52 Å². The molecule has 3 aromatic rings. The Labute approximate surface area is 85.9 Å². The fourth-order valence-corrected chi connectivity index (χ4v) is 1.68. The van der Waals surface area contributed by atoms with E-state index in [1.54, 1.807) is 7.11 Å². The molecular formula is C11H9N3O. The number of hydrogen-bond acceptors (Lipinski definition) is 3. The van der Waals surface area contributed by atoms with Crippen molar-refractivity contribution in [3.63, 3.8) is 0 Å². The molecule has 0 aromatic carbocycles. The number of rotatable bonds is 1. The number of methoxy groups -OCH3 is 1. The van der Waals surface area contributed by atoms with Gasteiger partial charge in [-0.3, -0.25) is 4.98 Å². The summed E-state index contributed by atoms with van der Waals surface area (Å²) < 4.78 is 5.10. The first-order chi connectivity index (χ1) is 7.38. The predicted octanol–water partition coefficient (Wildman–Crippen LogP) is 2.12.